The predicted molar refractivity (Wildman–Crippen MR) is 140 cm³/mol. The van der Waals surface area contributed by atoms with Crippen LogP contribution < -0.4 is 25.0 Å². The van der Waals surface area contributed by atoms with E-state index in [0.717, 1.165) is 0 Å². The van der Waals surface area contributed by atoms with Crippen molar-refractivity contribution in [1.29, 1.82) is 0 Å². The van der Waals surface area contributed by atoms with Gasteiger partial charge in [0.25, 0.3) is 0 Å². The van der Waals surface area contributed by atoms with Crippen LogP contribution in [0.5, 0.6) is 17.2 Å². The van der Waals surface area contributed by atoms with E-state index in [1.807, 2.05) is 0 Å². The normalized spacial score (nSPS) is 10.5. The summed E-state index contributed by atoms with van der Waals surface area (Å²) < 4.78 is 16.6. The summed E-state index contributed by atoms with van der Waals surface area (Å²) in [4.78, 5) is 24.2. The van der Waals surface area contributed by atoms with Crippen LogP contribution in [0.2, 0.25) is 10.0 Å². The van der Waals surface area contributed by atoms with Gasteiger partial charge in [0.2, 0.25) is 0 Å². The summed E-state index contributed by atoms with van der Waals surface area (Å²) in [5.74, 6) is -0.281. The Bertz CT molecular complexity index is 1240. The van der Waals surface area contributed by atoms with Crippen LogP contribution in [0.15, 0.2) is 78.4 Å². The Hall–Kier alpha value is -4.01. The molecule has 186 valence electrons. The highest BCUT2D eigenvalue weighted by Gasteiger charge is 2.13. The second-order valence-electron chi connectivity index (χ2n) is 7.18. The van der Waals surface area contributed by atoms with Gasteiger partial charge in [0.15, 0.2) is 11.5 Å². The molecule has 3 aromatic carbocycles. The van der Waals surface area contributed by atoms with E-state index >= 15 is 0 Å². The van der Waals surface area contributed by atoms with Gasteiger partial charge in [-0.25, -0.2) is 5.43 Å². The lowest BCUT2D eigenvalue weighted by atomic mass is 10.2. The Balaban J connectivity index is 1.55. The highest BCUT2D eigenvalue weighted by molar-refractivity contribution is 6.39. The number of rotatable bonds is 10. The molecule has 0 saturated carbocycles. The maximum absolute atomic E-state index is 12.1. The van der Waals surface area contributed by atoms with E-state index in [1.165, 1.54) is 13.3 Å². The van der Waals surface area contributed by atoms with Crippen LogP contribution in [-0.2, 0) is 16.2 Å². The van der Waals surface area contributed by atoms with Gasteiger partial charge in [0.05, 0.1) is 13.3 Å². The maximum atomic E-state index is 12.1. The molecule has 0 spiro atoms. The minimum atomic E-state index is -0.929. The van der Waals surface area contributed by atoms with Gasteiger partial charge in [0.1, 0.15) is 19.0 Å². The summed E-state index contributed by atoms with van der Waals surface area (Å²) in [6.07, 6.45) is 2.99. The van der Waals surface area contributed by atoms with Crippen LogP contribution in [0.3, 0.4) is 0 Å². The molecule has 0 fully saturated rings. The van der Waals surface area contributed by atoms with Crippen LogP contribution in [0, 0.1) is 0 Å². The lowest BCUT2D eigenvalue weighted by Crippen LogP contribution is -2.32. The summed E-state index contributed by atoms with van der Waals surface area (Å²) >= 11 is 12.4. The number of ether oxygens (including phenoxy) is 3. The second kappa shape index (κ2) is 13.2. The number of hydrazone groups is 1. The average Bonchev–Trinajstić information content (AvgIpc) is 2.88. The third-order valence-electron chi connectivity index (χ3n) is 4.69. The summed E-state index contributed by atoms with van der Waals surface area (Å²) in [7, 11) is 1.50. The predicted octanol–water partition coefficient (Wildman–Crippen LogP) is 5.23. The number of nitrogens with one attached hydrogen (secondary N) is 2. The Kier molecular flexibility index (Phi) is 9.73. The summed E-state index contributed by atoms with van der Waals surface area (Å²) in [6.45, 7) is 4.09. The number of amides is 2. The number of hydrogen-bond donors (Lipinski definition) is 2. The van der Waals surface area contributed by atoms with E-state index in [0.29, 0.717) is 50.7 Å². The van der Waals surface area contributed by atoms with Crippen LogP contribution in [0.25, 0.3) is 0 Å². The van der Waals surface area contributed by atoms with E-state index in [-0.39, 0.29) is 6.61 Å². The molecule has 3 aromatic rings. The number of nitrogens with zero attached hydrogens (tertiary/aromatic N) is 1. The zero-order chi connectivity index (χ0) is 25.9. The van der Waals surface area contributed by atoms with Crippen LogP contribution in [-0.4, -0.2) is 31.7 Å². The van der Waals surface area contributed by atoms with Gasteiger partial charge in [-0.1, -0.05) is 41.9 Å². The van der Waals surface area contributed by atoms with Gasteiger partial charge in [-0.3, -0.25) is 9.59 Å². The first-order valence-electron chi connectivity index (χ1n) is 10.6. The molecule has 0 radical (unpaired) electrons. The van der Waals surface area contributed by atoms with E-state index < -0.39 is 11.8 Å². The van der Waals surface area contributed by atoms with Crippen LogP contribution in [0.4, 0.5) is 5.69 Å². The van der Waals surface area contributed by atoms with E-state index in [2.05, 4.69) is 22.4 Å². The van der Waals surface area contributed by atoms with Gasteiger partial charge in [0, 0.05) is 21.3 Å². The second-order valence-corrected chi connectivity index (χ2v) is 7.99. The fourth-order valence-corrected chi connectivity index (χ4v) is 3.40. The molecule has 0 unspecified atom stereocenters. The van der Waals surface area contributed by atoms with Gasteiger partial charge in [-0.05, 0) is 60.2 Å². The first-order valence-corrected chi connectivity index (χ1v) is 11.4. The van der Waals surface area contributed by atoms with Gasteiger partial charge in [-0.2, -0.15) is 5.10 Å². The molecule has 0 aliphatic heterocycles. The largest absolute Gasteiger partial charge is 0.493 e. The van der Waals surface area contributed by atoms with Crippen molar-refractivity contribution in [1.82, 2.24) is 5.43 Å². The summed E-state index contributed by atoms with van der Waals surface area (Å²) in [5, 5.41) is 7.31. The number of methoxy groups -OCH3 is 1. The fourth-order valence-electron chi connectivity index (χ4n) is 2.90. The first-order chi connectivity index (χ1) is 17.4. The molecule has 0 heterocycles. The average molecular weight is 528 g/mol. The Morgan fingerprint density at radius 2 is 1.69 bits per heavy atom. The summed E-state index contributed by atoms with van der Waals surface area (Å²) in [5.41, 5.74) is 3.88. The van der Waals surface area contributed by atoms with E-state index in [1.54, 1.807) is 66.7 Å². The lowest BCUT2D eigenvalue weighted by Gasteiger charge is -2.13. The zero-order valence-electron chi connectivity index (χ0n) is 19.3. The van der Waals surface area contributed by atoms with Crippen LogP contribution >= 0.6 is 23.2 Å². The van der Waals surface area contributed by atoms with Gasteiger partial charge in [-0.15, -0.1) is 0 Å². The molecular formula is C26H23Cl2N3O5. The van der Waals surface area contributed by atoms with Crippen molar-refractivity contribution in [2.24, 2.45) is 5.10 Å². The summed E-state index contributed by atoms with van der Waals surface area (Å²) in [6, 6.07) is 16.8. The quantitative estimate of drug-likeness (QED) is 0.163. The molecule has 10 heteroatoms. The van der Waals surface area contributed by atoms with Crippen molar-refractivity contribution in [3.8, 4) is 17.2 Å². The molecular weight excluding hydrogens is 505 g/mol. The number of carbonyl (C=O) groups is 2. The van der Waals surface area contributed by atoms with Crippen molar-refractivity contribution in [2.45, 2.75) is 6.61 Å². The highest BCUT2D eigenvalue weighted by Crippen LogP contribution is 2.31. The standard InChI is InChI=1S/C26H23Cl2N3O5/c1-3-13-35-19-10-8-18(9-11-19)30-25(32)26(33)31-29-15-17-7-12-23(24(14-17)34-2)36-16-20-21(27)5-4-6-22(20)28/h3-12,14-15H,1,13,16H2,2H3,(H,30,32)(H,31,33)/b29-15-. The van der Waals surface area contributed by atoms with E-state index in [9.17, 15) is 9.59 Å². The number of halogens is 2. The molecule has 0 saturated heterocycles. The molecule has 0 aliphatic rings. The lowest BCUT2D eigenvalue weighted by molar-refractivity contribution is -0.136. The van der Waals surface area contributed by atoms with Crippen molar-refractivity contribution < 1.29 is 23.8 Å². The minimum Gasteiger partial charge on any atom is -0.493 e. The zero-order valence-corrected chi connectivity index (χ0v) is 20.8. The number of anilines is 1. The van der Waals surface area contributed by atoms with Gasteiger partial charge < -0.3 is 19.5 Å². The van der Waals surface area contributed by atoms with Crippen molar-refractivity contribution >= 4 is 46.9 Å². The van der Waals surface area contributed by atoms with Crippen LogP contribution in [0.1, 0.15) is 11.1 Å². The Morgan fingerprint density at radius 1 is 0.972 bits per heavy atom. The third-order valence-corrected chi connectivity index (χ3v) is 5.40. The number of carbonyl (C=O) groups excluding carboxylic acids is 2. The maximum Gasteiger partial charge on any atom is 0.329 e. The molecule has 36 heavy (non-hydrogen) atoms. The first kappa shape index (κ1) is 26.6. The molecule has 2 amide bonds. The Morgan fingerprint density at radius 3 is 2.36 bits per heavy atom. The smallest absolute Gasteiger partial charge is 0.329 e. The minimum absolute atomic E-state index is 0.151. The molecule has 0 atom stereocenters. The molecule has 0 aromatic heterocycles. The monoisotopic (exact) mass is 527 g/mol. The molecule has 3 rings (SSSR count). The highest BCUT2D eigenvalue weighted by atomic mass is 35.5. The van der Waals surface area contributed by atoms with Gasteiger partial charge >= 0.3 is 11.8 Å². The third kappa shape index (κ3) is 7.49. The topological polar surface area (TPSA) is 98.2 Å². The SMILES string of the molecule is C=CCOc1ccc(NC(=O)C(=O)N/N=C\c2ccc(OCc3c(Cl)cccc3Cl)c(OC)c2)cc1. The van der Waals surface area contributed by atoms with Crippen molar-refractivity contribution in [3.63, 3.8) is 0 Å². The number of hydrogen-bond acceptors (Lipinski definition) is 6. The Labute approximate surface area is 218 Å². The van der Waals surface area contributed by atoms with Crippen molar-refractivity contribution in [3.05, 3.63) is 94.5 Å². The molecule has 0 aliphatic carbocycles. The fraction of sp³-hybridized carbons (Fsp3) is 0.115. The molecule has 2 N–H and O–H groups in total. The molecule has 0 bridgehead atoms. The van der Waals surface area contributed by atoms with Crippen molar-refractivity contribution in [2.75, 3.05) is 19.0 Å². The van der Waals surface area contributed by atoms with E-state index in [4.69, 9.17) is 37.4 Å². The molecule has 8 nitrogen and oxygen atoms in total. The number of benzene rings is 3.